The first-order valence-corrected chi connectivity index (χ1v) is 9.13. The van der Waals surface area contributed by atoms with Crippen LogP contribution in [0.1, 0.15) is 35.7 Å². The van der Waals surface area contributed by atoms with Crippen molar-refractivity contribution in [1.29, 1.82) is 5.26 Å². The lowest BCUT2D eigenvalue weighted by Crippen LogP contribution is -2.41. The summed E-state index contributed by atoms with van der Waals surface area (Å²) in [6.45, 7) is 3.28. The smallest absolute Gasteiger partial charge is 0.339 e. The minimum atomic E-state index is -0.559. The lowest BCUT2D eigenvalue weighted by atomic mass is 9.96. The molecule has 138 valence electrons. The van der Waals surface area contributed by atoms with E-state index >= 15 is 0 Å². The summed E-state index contributed by atoms with van der Waals surface area (Å²) >= 11 is 0. The van der Waals surface area contributed by atoms with Crippen LogP contribution in [0.4, 0.5) is 0 Å². The maximum Gasteiger partial charge on any atom is 0.339 e. The van der Waals surface area contributed by atoms with Crippen molar-refractivity contribution in [2.24, 2.45) is 5.92 Å². The Balaban J connectivity index is 1.74. The van der Waals surface area contributed by atoms with E-state index in [9.17, 15) is 14.9 Å². The van der Waals surface area contributed by atoms with E-state index in [0.717, 1.165) is 12.8 Å². The van der Waals surface area contributed by atoms with E-state index in [1.807, 2.05) is 6.07 Å². The number of carbonyl (C=O) groups excluding carboxylic acids is 2. The molecule has 5 nitrogen and oxygen atoms in total. The van der Waals surface area contributed by atoms with Gasteiger partial charge in [0.2, 0.25) is 0 Å². The molecule has 1 heterocycles. The Labute approximate surface area is 159 Å². The molecule has 1 fully saturated rings. The number of ether oxygens (including phenoxy) is 1. The van der Waals surface area contributed by atoms with Crippen molar-refractivity contribution < 1.29 is 14.3 Å². The summed E-state index contributed by atoms with van der Waals surface area (Å²) in [6.07, 6.45) is 2.10. The largest absolute Gasteiger partial charge is 0.452 e. The fraction of sp³-hybridized carbons (Fsp3) is 0.318. The molecule has 0 saturated carbocycles. The Morgan fingerprint density at radius 2 is 1.85 bits per heavy atom. The molecule has 1 saturated heterocycles. The molecule has 1 aliphatic rings. The zero-order valence-electron chi connectivity index (χ0n) is 15.4. The molecule has 2 aromatic rings. The van der Waals surface area contributed by atoms with Gasteiger partial charge in [-0.3, -0.25) is 4.79 Å². The van der Waals surface area contributed by atoms with Crippen LogP contribution in [0.15, 0.2) is 48.5 Å². The maximum absolute atomic E-state index is 12.6. The summed E-state index contributed by atoms with van der Waals surface area (Å²) in [6, 6.07) is 16.2. The minimum absolute atomic E-state index is 0.162. The SMILES string of the molecule is C[C@H]1CCCN(C(=O)COC(=O)c2ccccc2-c2ccccc2C#N)C1. The molecule has 0 bridgehead atoms. The van der Waals surface area contributed by atoms with Crippen LogP contribution in [0.2, 0.25) is 0 Å². The number of hydrogen-bond acceptors (Lipinski definition) is 4. The predicted molar refractivity (Wildman–Crippen MR) is 102 cm³/mol. The van der Waals surface area contributed by atoms with Gasteiger partial charge >= 0.3 is 5.97 Å². The van der Waals surface area contributed by atoms with Crippen LogP contribution in [0, 0.1) is 17.2 Å². The van der Waals surface area contributed by atoms with Gasteiger partial charge in [0.25, 0.3) is 5.91 Å². The average molecular weight is 362 g/mol. The van der Waals surface area contributed by atoms with Crippen LogP contribution in [-0.2, 0) is 9.53 Å². The van der Waals surface area contributed by atoms with Crippen LogP contribution in [0.5, 0.6) is 0 Å². The fourth-order valence-electron chi connectivity index (χ4n) is 3.42. The Bertz CT molecular complexity index is 885. The van der Waals surface area contributed by atoms with Gasteiger partial charge in [0, 0.05) is 18.7 Å². The summed E-state index contributed by atoms with van der Waals surface area (Å²) in [4.78, 5) is 26.7. The molecule has 3 rings (SSSR count). The zero-order chi connectivity index (χ0) is 19.2. The van der Waals surface area contributed by atoms with Crippen molar-refractivity contribution in [3.8, 4) is 17.2 Å². The summed E-state index contributed by atoms with van der Waals surface area (Å²) in [5.74, 6) is -0.247. The number of esters is 1. The number of amides is 1. The Morgan fingerprint density at radius 1 is 1.15 bits per heavy atom. The highest BCUT2D eigenvalue weighted by Gasteiger charge is 2.23. The summed E-state index contributed by atoms with van der Waals surface area (Å²) < 4.78 is 5.30. The van der Waals surface area contributed by atoms with Gasteiger partial charge in [-0.2, -0.15) is 5.26 Å². The van der Waals surface area contributed by atoms with Gasteiger partial charge in [0.1, 0.15) is 0 Å². The van der Waals surface area contributed by atoms with Gasteiger partial charge in [-0.05, 0) is 36.5 Å². The van der Waals surface area contributed by atoms with Gasteiger partial charge in [0.15, 0.2) is 6.61 Å². The van der Waals surface area contributed by atoms with E-state index in [-0.39, 0.29) is 12.5 Å². The highest BCUT2D eigenvalue weighted by Crippen LogP contribution is 2.27. The quantitative estimate of drug-likeness (QED) is 0.779. The number of benzene rings is 2. The van der Waals surface area contributed by atoms with E-state index in [1.165, 1.54) is 0 Å². The Morgan fingerprint density at radius 3 is 2.59 bits per heavy atom. The molecular formula is C22H22N2O3. The second-order valence-electron chi connectivity index (χ2n) is 6.87. The van der Waals surface area contributed by atoms with Gasteiger partial charge < -0.3 is 9.64 Å². The third-order valence-corrected chi connectivity index (χ3v) is 4.82. The first-order chi connectivity index (χ1) is 13.1. The van der Waals surface area contributed by atoms with Crippen LogP contribution >= 0.6 is 0 Å². The number of nitrogens with zero attached hydrogens (tertiary/aromatic N) is 2. The summed E-state index contributed by atoms with van der Waals surface area (Å²) in [5, 5.41) is 9.33. The molecule has 0 radical (unpaired) electrons. The highest BCUT2D eigenvalue weighted by molar-refractivity contribution is 5.98. The van der Waals surface area contributed by atoms with Crippen molar-refractivity contribution >= 4 is 11.9 Å². The van der Waals surface area contributed by atoms with E-state index in [2.05, 4.69) is 13.0 Å². The molecule has 2 aromatic carbocycles. The second kappa shape index (κ2) is 8.50. The predicted octanol–water partition coefficient (Wildman–Crippen LogP) is 3.64. The lowest BCUT2D eigenvalue weighted by molar-refractivity contribution is -0.136. The van der Waals surface area contributed by atoms with Gasteiger partial charge in [0.05, 0.1) is 17.2 Å². The van der Waals surface area contributed by atoms with Gasteiger partial charge in [-0.15, -0.1) is 0 Å². The number of nitriles is 1. The monoisotopic (exact) mass is 362 g/mol. The molecule has 1 atom stereocenters. The lowest BCUT2D eigenvalue weighted by Gasteiger charge is -2.30. The molecule has 0 unspecified atom stereocenters. The normalized spacial score (nSPS) is 16.4. The van der Waals surface area contributed by atoms with Crippen molar-refractivity contribution in [2.45, 2.75) is 19.8 Å². The maximum atomic E-state index is 12.6. The molecule has 5 heteroatoms. The topological polar surface area (TPSA) is 70.4 Å². The minimum Gasteiger partial charge on any atom is -0.452 e. The molecule has 0 spiro atoms. The fourth-order valence-corrected chi connectivity index (χ4v) is 3.42. The van der Waals surface area contributed by atoms with Crippen molar-refractivity contribution in [1.82, 2.24) is 4.90 Å². The van der Waals surface area contributed by atoms with Gasteiger partial charge in [-0.25, -0.2) is 4.79 Å². The Kier molecular flexibility index (Phi) is 5.87. The van der Waals surface area contributed by atoms with Crippen molar-refractivity contribution in [3.05, 3.63) is 59.7 Å². The molecule has 0 aromatic heterocycles. The highest BCUT2D eigenvalue weighted by atomic mass is 16.5. The van der Waals surface area contributed by atoms with E-state index < -0.39 is 5.97 Å². The molecule has 1 aliphatic heterocycles. The van der Waals surface area contributed by atoms with Crippen LogP contribution in [0.3, 0.4) is 0 Å². The van der Waals surface area contributed by atoms with E-state index in [0.29, 0.717) is 41.3 Å². The van der Waals surface area contributed by atoms with Crippen LogP contribution < -0.4 is 0 Å². The molecule has 0 N–H and O–H groups in total. The first kappa shape index (κ1) is 18.7. The molecule has 0 aliphatic carbocycles. The van der Waals surface area contributed by atoms with Gasteiger partial charge in [-0.1, -0.05) is 43.3 Å². The van der Waals surface area contributed by atoms with Crippen LogP contribution in [0.25, 0.3) is 11.1 Å². The number of rotatable bonds is 4. The Hall–Kier alpha value is -3.13. The number of hydrogen-bond donors (Lipinski definition) is 0. The third-order valence-electron chi connectivity index (χ3n) is 4.82. The second-order valence-corrected chi connectivity index (χ2v) is 6.87. The number of carbonyl (C=O) groups is 2. The van der Waals surface area contributed by atoms with E-state index in [4.69, 9.17) is 4.74 Å². The zero-order valence-corrected chi connectivity index (χ0v) is 15.4. The van der Waals surface area contributed by atoms with E-state index in [1.54, 1.807) is 47.4 Å². The summed E-state index contributed by atoms with van der Waals surface area (Å²) in [7, 11) is 0. The first-order valence-electron chi connectivity index (χ1n) is 9.13. The molecule has 1 amide bonds. The standard InChI is InChI=1S/C22H22N2O3/c1-16-7-6-12-24(14-16)21(25)15-27-22(26)20-11-5-4-10-19(20)18-9-3-2-8-17(18)13-23/h2-5,8-11,16H,6-7,12,14-15H2,1H3/t16-/m0/s1. The molecule has 27 heavy (non-hydrogen) atoms. The van der Waals surface area contributed by atoms with Crippen molar-refractivity contribution in [3.63, 3.8) is 0 Å². The summed E-state index contributed by atoms with van der Waals surface area (Å²) in [5.41, 5.74) is 2.12. The molecular weight excluding hydrogens is 340 g/mol. The van der Waals surface area contributed by atoms with Crippen molar-refractivity contribution in [2.75, 3.05) is 19.7 Å². The number of piperidine rings is 1. The third kappa shape index (κ3) is 4.35. The average Bonchev–Trinajstić information content (AvgIpc) is 2.71. The number of likely N-dealkylation sites (tertiary alicyclic amines) is 1. The van der Waals surface area contributed by atoms with Crippen LogP contribution in [-0.4, -0.2) is 36.5 Å².